The van der Waals surface area contributed by atoms with E-state index in [4.69, 9.17) is 5.73 Å². The number of nitrogens with one attached hydrogen (secondary N) is 1. The van der Waals surface area contributed by atoms with E-state index in [1.807, 2.05) is 0 Å². The number of hydrogen-bond acceptors (Lipinski definition) is 2. The highest BCUT2D eigenvalue weighted by Gasteiger charge is 2.26. The van der Waals surface area contributed by atoms with Gasteiger partial charge in [0.1, 0.15) is 0 Å². The highest BCUT2D eigenvalue weighted by molar-refractivity contribution is 5.85. The van der Waals surface area contributed by atoms with E-state index in [1.54, 1.807) is 0 Å². The molecule has 2 fully saturated rings. The van der Waals surface area contributed by atoms with Crippen LogP contribution in [-0.4, -0.2) is 18.5 Å². The van der Waals surface area contributed by atoms with Gasteiger partial charge in [-0.05, 0) is 43.4 Å². The van der Waals surface area contributed by atoms with Gasteiger partial charge in [0.05, 0.1) is 0 Å². The predicted octanol–water partition coefficient (Wildman–Crippen LogP) is 3.26. The van der Waals surface area contributed by atoms with Gasteiger partial charge in [0, 0.05) is 19.0 Å². The highest BCUT2D eigenvalue weighted by Crippen LogP contribution is 2.30. The Morgan fingerprint density at radius 1 is 1.10 bits per heavy atom. The van der Waals surface area contributed by atoms with Gasteiger partial charge >= 0.3 is 0 Å². The molecular formula is C16H31ClN2O. The molecule has 2 saturated carbocycles. The van der Waals surface area contributed by atoms with Crippen molar-refractivity contribution in [3.8, 4) is 0 Å². The number of halogens is 1. The fourth-order valence-electron chi connectivity index (χ4n) is 3.73. The molecule has 0 aromatic rings. The molecular weight excluding hydrogens is 272 g/mol. The summed E-state index contributed by atoms with van der Waals surface area (Å²) in [5, 5.41) is 3.14. The predicted molar refractivity (Wildman–Crippen MR) is 85.9 cm³/mol. The molecule has 0 spiro atoms. The van der Waals surface area contributed by atoms with Crippen LogP contribution in [0.4, 0.5) is 0 Å². The van der Waals surface area contributed by atoms with E-state index in [2.05, 4.69) is 12.2 Å². The average molecular weight is 303 g/mol. The van der Waals surface area contributed by atoms with Crippen molar-refractivity contribution < 1.29 is 4.79 Å². The second kappa shape index (κ2) is 8.89. The monoisotopic (exact) mass is 302 g/mol. The highest BCUT2D eigenvalue weighted by atomic mass is 35.5. The zero-order valence-electron chi connectivity index (χ0n) is 12.8. The van der Waals surface area contributed by atoms with Crippen molar-refractivity contribution in [2.45, 2.75) is 70.8 Å². The van der Waals surface area contributed by atoms with Crippen LogP contribution in [0.1, 0.15) is 64.7 Å². The number of nitrogens with two attached hydrogens (primary N) is 1. The third-order valence-electron chi connectivity index (χ3n) is 5.30. The summed E-state index contributed by atoms with van der Waals surface area (Å²) >= 11 is 0. The first-order valence-electron chi connectivity index (χ1n) is 8.21. The first kappa shape index (κ1) is 17.8. The molecule has 0 radical (unpaired) electrons. The van der Waals surface area contributed by atoms with E-state index >= 15 is 0 Å². The molecule has 2 aliphatic rings. The molecule has 1 amide bonds. The van der Waals surface area contributed by atoms with Gasteiger partial charge in [-0.3, -0.25) is 4.79 Å². The summed E-state index contributed by atoms with van der Waals surface area (Å²) < 4.78 is 0. The topological polar surface area (TPSA) is 55.1 Å². The van der Waals surface area contributed by atoms with Crippen molar-refractivity contribution in [2.75, 3.05) is 6.54 Å². The summed E-state index contributed by atoms with van der Waals surface area (Å²) in [5.41, 5.74) is 6.02. The van der Waals surface area contributed by atoms with Gasteiger partial charge in [0.2, 0.25) is 5.91 Å². The lowest BCUT2D eigenvalue weighted by Crippen LogP contribution is -2.34. The lowest BCUT2D eigenvalue weighted by atomic mass is 9.81. The van der Waals surface area contributed by atoms with Gasteiger partial charge in [0.25, 0.3) is 0 Å². The molecule has 2 atom stereocenters. The standard InChI is InChI=1S/C16H30N2O.ClH/c1-2-12-6-8-13(9-7-12)11-18-16(19)10-14-4-3-5-15(14)17;/h12-15H,2-11,17H2,1H3,(H,18,19);1H/t12?,13?,14-,15+;/m0./s1. The van der Waals surface area contributed by atoms with E-state index in [-0.39, 0.29) is 24.4 Å². The molecule has 0 aromatic heterocycles. The summed E-state index contributed by atoms with van der Waals surface area (Å²) in [7, 11) is 0. The Morgan fingerprint density at radius 3 is 2.30 bits per heavy atom. The average Bonchev–Trinajstić information content (AvgIpc) is 2.82. The van der Waals surface area contributed by atoms with Crippen molar-refractivity contribution in [1.29, 1.82) is 0 Å². The lowest BCUT2D eigenvalue weighted by Gasteiger charge is -2.28. The zero-order valence-corrected chi connectivity index (χ0v) is 13.6. The SMILES string of the molecule is CCC1CCC(CNC(=O)C[C@@H]2CCC[C@H]2N)CC1.Cl. The number of carbonyl (C=O) groups excluding carboxylic acids is 1. The third-order valence-corrected chi connectivity index (χ3v) is 5.30. The summed E-state index contributed by atoms with van der Waals surface area (Å²) in [6.07, 6.45) is 10.7. The zero-order chi connectivity index (χ0) is 13.7. The molecule has 3 N–H and O–H groups in total. The Kier molecular flexibility index (Phi) is 7.90. The Morgan fingerprint density at radius 2 is 1.75 bits per heavy atom. The maximum absolute atomic E-state index is 11.9. The van der Waals surface area contributed by atoms with Crippen molar-refractivity contribution in [3.63, 3.8) is 0 Å². The van der Waals surface area contributed by atoms with Gasteiger partial charge in [0.15, 0.2) is 0 Å². The summed E-state index contributed by atoms with van der Waals surface area (Å²) in [5.74, 6) is 2.29. The minimum Gasteiger partial charge on any atom is -0.356 e. The minimum atomic E-state index is 0. The minimum absolute atomic E-state index is 0. The molecule has 0 aromatic carbocycles. The van der Waals surface area contributed by atoms with Gasteiger partial charge < -0.3 is 11.1 Å². The van der Waals surface area contributed by atoms with Crippen molar-refractivity contribution in [3.05, 3.63) is 0 Å². The van der Waals surface area contributed by atoms with Gasteiger partial charge in [-0.1, -0.05) is 32.6 Å². The van der Waals surface area contributed by atoms with Gasteiger partial charge in [-0.2, -0.15) is 0 Å². The van der Waals surface area contributed by atoms with Gasteiger partial charge in [-0.25, -0.2) is 0 Å². The van der Waals surface area contributed by atoms with Crippen molar-refractivity contribution in [1.82, 2.24) is 5.32 Å². The van der Waals surface area contributed by atoms with Crippen LogP contribution in [0.5, 0.6) is 0 Å². The first-order valence-corrected chi connectivity index (χ1v) is 8.21. The quantitative estimate of drug-likeness (QED) is 0.819. The fourth-order valence-corrected chi connectivity index (χ4v) is 3.73. The normalized spacial score (nSPS) is 33.5. The van der Waals surface area contributed by atoms with Crippen LogP contribution in [0.2, 0.25) is 0 Å². The van der Waals surface area contributed by atoms with Crippen LogP contribution in [0.15, 0.2) is 0 Å². The van der Waals surface area contributed by atoms with Crippen LogP contribution in [-0.2, 0) is 4.79 Å². The van der Waals surface area contributed by atoms with E-state index in [0.717, 1.165) is 25.3 Å². The molecule has 2 rings (SSSR count). The van der Waals surface area contributed by atoms with Crippen LogP contribution >= 0.6 is 12.4 Å². The molecule has 2 aliphatic carbocycles. The first-order chi connectivity index (χ1) is 9.19. The molecule has 0 bridgehead atoms. The van der Waals surface area contributed by atoms with Crippen molar-refractivity contribution in [2.24, 2.45) is 23.5 Å². The lowest BCUT2D eigenvalue weighted by molar-refractivity contribution is -0.122. The Hall–Kier alpha value is -0.280. The molecule has 0 saturated heterocycles. The smallest absolute Gasteiger partial charge is 0.220 e. The largest absolute Gasteiger partial charge is 0.356 e. The van der Waals surface area contributed by atoms with E-state index in [1.165, 1.54) is 38.5 Å². The molecule has 20 heavy (non-hydrogen) atoms. The molecule has 0 aliphatic heterocycles. The van der Waals surface area contributed by atoms with Crippen LogP contribution in [0.25, 0.3) is 0 Å². The summed E-state index contributed by atoms with van der Waals surface area (Å²) in [6.45, 7) is 3.18. The Bertz CT molecular complexity index is 290. The number of amides is 1. The number of rotatable bonds is 5. The molecule has 118 valence electrons. The van der Waals surface area contributed by atoms with Crippen molar-refractivity contribution >= 4 is 18.3 Å². The molecule has 3 nitrogen and oxygen atoms in total. The second-order valence-corrected chi connectivity index (χ2v) is 6.66. The molecule has 0 unspecified atom stereocenters. The Labute approximate surface area is 129 Å². The molecule has 4 heteroatoms. The maximum Gasteiger partial charge on any atom is 0.220 e. The molecule has 0 heterocycles. The van der Waals surface area contributed by atoms with Crippen LogP contribution < -0.4 is 11.1 Å². The number of carbonyl (C=O) groups is 1. The summed E-state index contributed by atoms with van der Waals surface area (Å²) in [6, 6.07) is 0.255. The van der Waals surface area contributed by atoms with Gasteiger partial charge in [-0.15, -0.1) is 12.4 Å². The fraction of sp³-hybridized carbons (Fsp3) is 0.938. The van der Waals surface area contributed by atoms with Crippen LogP contribution in [0.3, 0.4) is 0 Å². The van der Waals surface area contributed by atoms with E-state index < -0.39 is 0 Å². The van der Waals surface area contributed by atoms with E-state index in [9.17, 15) is 4.79 Å². The second-order valence-electron chi connectivity index (χ2n) is 6.66. The van der Waals surface area contributed by atoms with Crippen LogP contribution in [0, 0.1) is 17.8 Å². The number of hydrogen-bond donors (Lipinski definition) is 2. The summed E-state index contributed by atoms with van der Waals surface area (Å²) in [4.78, 5) is 11.9. The van der Waals surface area contributed by atoms with E-state index in [0.29, 0.717) is 18.3 Å². The Balaban J connectivity index is 0.00000200. The third kappa shape index (κ3) is 5.25. The maximum atomic E-state index is 11.9.